The van der Waals surface area contributed by atoms with Crippen LogP contribution in [-0.4, -0.2) is 52.2 Å². The first-order chi connectivity index (χ1) is 18.6. The summed E-state index contributed by atoms with van der Waals surface area (Å²) in [5.74, 6) is 0.157. The summed E-state index contributed by atoms with van der Waals surface area (Å²) in [6.45, 7) is 2.51. The lowest BCUT2D eigenvalue weighted by atomic mass is 10.1. The summed E-state index contributed by atoms with van der Waals surface area (Å²) in [6.07, 6.45) is -2.25. The summed E-state index contributed by atoms with van der Waals surface area (Å²) in [5, 5.41) is 5.66. The Balaban J connectivity index is 1.43. The average molecular weight is 542 g/mol. The Morgan fingerprint density at radius 1 is 1.10 bits per heavy atom. The van der Waals surface area contributed by atoms with Crippen molar-refractivity contribution in [3.8, 4) is 5.75 Å². The number of nitrogens with one attached hydrogen (secondary N) is 2. The molecule has 202 valence electrons. The summed E-state index contributed by atoms with van der Waals surface area (Å²) in [4.78, 5) is 32.1. The number of halogens is 4. The largest absolute Gasteiger partial charge is 0.495 e. The molecule has 1 aliphatic heterocycles. The van der Waals surface area contributed by atoms with Crippen LogP contribution in [0.25, 0.3) is 11.0 Å². The first-order valence-corrected chi connectivity index (χ1v) is 11.9. The molecule has 13 heteroatoms. The average Bonchev–Trinajstić information content (AvgIpc) is 3.35. The summed E-state index contributed by atoms with van der Waals surface area (Å²) >= 11 is 0. The van der Waals surface area contributed by atoms with Crippen molar-refractivity contribution < 1.29 is 27.1 Å². The third kappa shape index (κ3) is 5.52. The van der Waals surface area contributed by atoms with Crippen LogP contribution in [0.3, 0.4) is 0 Å². The molecule has 0 spiro atoms. The zero-order valence-corrected chi connectivity index (χ0v) is 20.9. The summed E-state index contributed by atoms with van der Waals surface area (Å²) < 4.78 is 58.5. The van der Waals surface area contributed by atoms with Crippen molar-refractivity contribution in [1.82, 2.24) is 19.9 Å². The molecule has 2 aromatic carbocycles. The maximum absolute atomic E-state index is 13.7. The van der Waals surface area contributed by atoms with Gasteiger partial charge in [-0.25, -0.2) is 24.3 Å². The standard InChI is InChI=1S/C26H23F4N7O2/c1-14-3-4-15(24(38)35-19-10-16(26(28,29)30)5-6-21(19)39-2)9-18(14)34-23-22-20(32-13-33-23)11-31-25(36-22)37-8-7-17(27)12-37/h3-6,9-11,13,17H,7-8,12H2,1-2H3,(H,35,38)(H,32,33,34)/t17-/m0/s1. The molecule has 1 fully saturated rings. The number of ether oxygens (including phenoxy) is 1. The highest BCUT2D eigenvalue weighted by Crippen LogP contribution is 2.35. The number of hydrogen-bond acceptors (Lipinski definition) is 8. The van der Waals surface area contributed by atoms with Gasteiger partial charge in [-0.3, -0.25) is 4.79 Å². The summed E-state index contributed by atoms with van der Waals surface area (Å²) in [7, 11) is 1.30. The van der Waals surface area contributed by atoms with Gasteiger partial charge in [-0.1, -0.05) is 6.07 Å². The number of nitrogens with zero attached hydrogens (tertiary/aromatic N) is 5. The SMILES string of the molecule is COc1ccc(C(F)(F)F)cc1NC(=O)c1ccc(C)c(Nc2ncnc3cnc(N4CC[C@H](F)C4)nc23)c1. The van der Waals surface area contributed by atoms with Gasteiger partial charge in [0.25, 0.3) is 5.91 Å². The van der Waals surface area contributed by atoms with Gasteiger partial charge in [0.2, 0.25) is 5.95 Å². The van der Waals surface area contributed by atoms with Crippen LogP contribution in [0.2, 0.25) is 0 Å². The van der Waals surface area contributed by atoms with Crippen LogP contribution in [0.5, 0.6) is 5.75 Å². The van der Waals surface area contributed by atoms with Crippen molar-refractivity contribution in [2.45, 2.75) is 25.7 Å². The van der Waals surface area contributed by atoms with Crippen molar-refractivity contribution in [2.75, 3.05) is 35.7 Å². The molecule has 9 nitrogen and oxygen atoms in total. The van der Waals surface area contributed by atoms with Crippen LogP contribution in [0.1, 0.15) is 27.9 Å². The molecular formula is C26H23F4N7O2. The number of aromatic nitrogens is 4. The number of hydrogen-bond donors (Lipinski definition) is 2. The van der Waals surface area contributed by atoms with Gasteiger partial charge in [0.05, 0.1) is 31.1 Å². The lowest BCUT2D eigenvalue weighted by Crippen LogP contribution is -2.22. The Hall–Kier alpha value is -4.55. The first-order valence-electron chi connectivity index (χ1n) is 11.9. The smallest absolute Gasteiger partial charge is 0.416 e. The van der Waals surface area contributed by atoms with Crippen molar-refractivity contribution in [3.05, 3.63) is 65.6 Å². The van der Waals surface area contributed by atoms with E-state index in [9.17, 15) is 22.4 Å². The van der Waals surface area contributed by atoms with E-state index in [1.54, 1.807) is 23.1 Å². The molecule has 2 N–H and O–H groups in total. The Labute approximate surface area is 220 Å². The zero-order valence-electron chi connectivity index (χ0n) is 20.9. The first kappa shape index (κ1) is 26.1. The Bertz CT molecular complexity index is 1550. The Kier molecular flexibility index (Phi) is 6.89. The molecule has 39 heavy (non-hydrogen) atoms. The van der Waals surface area contributed by atoms with E-state index in [1.807, 2.05) is 6.92 Å². The molecule has 1 amide bonds. The fourth-order valence-electron chi connectivity index (χ4n) is 4.19. The highest BCUT2D eigenvalue weighted by Gasteiger charge is 2.31. The number of benzene rings is 2. The number of alkyl halides is 4. The second kappa shape index (κ2) is 10.3. The molecule has 0 saturated carbocycles. The van der Waals surface area contributed by atoms with E-state index in [0.717, 1.165) is 23.8 Å². The second-order valence-electron chi connectivity index (χ2n) is 8.98. The van der Waals surface area contributed by atoms with Crippen LogP contribution >= 0.6 is 0 Å². The van der Waals surface area contributed by atoms with Crippen LogP contribution in [0.15, 0.2) is 48.9 Å². The van der Waals surface area contributed by atoms with Gasteiger partial charge in [-0.05, 0) is 49.2 Å². The molecule has 5 rings (SSSR count). The van der Waals surface area contributed by atoms with Gasteiger partial charge in [0, 0.05) is 17.8 Å². The van der Waals surface area contributed by atoms with Gasteiger partial charge < -0.3 is 20.3 Å². The number of carbonyl (C=O) groups excluding carboxylic acids is 1. The molecule has 0 unspecified atom stereocenters. The molecule has 1 saturated heterocycles. The van der Waals surface area contributed by atoms with E-state index in [1.165, 1.54) is 19.6 Å². The summed E-state index contributed by atoms with van der Waals surface area (Å²) in [6, 6.07) is 7.63. The molecule has 0 bridgehead atoms. The van der Waals surface area contributed by atoms with E-state index in [0.29, 0.717) is 41.5 Å². The molecule has 1 aliphatic rings. The minimum absolute atomic E-state index is 0.0850. The number of amides is 1. The molecular weight excluding hydrogens is 518 g/mol. The van der Waals surface area contributed by atoms with Crippen molar-refractivity contribution in [2.24, 2.45) is 0 Å². The quantitative estimate of drug-likeness (QED) is 0.317. The number of aryl methyl sites for hydroxylation is 1. The molecule has 2 aromatic heterocycles. The Morgan fingerprint density at radius 3 is 2.64 bits per heavy atom. The maximum Gasteiger partial charge on any atom is 0.416 e. The van der Waals surface area contributed by atoms with E-state index >= 15 is 0 Å². The van der Waals surface area contributed by atoms with E-state index in [4.69, 9.17) is 4.74 Å². The van der Waals surface area contributed by atoms with Crippen LogP contribution in [-0.2, 0) is 6.18 Å². The van der Waals surface area contributed by atoms with E-state index in [2.05, 4.69) is 30.6 Å². The monoisotopic (exact) mass is 541 g/mol. The fraction of sp³-hybridized carbons (Fsp3) is 0.269. The van der Waals surface area contributed by atoms with Crippen molar-refractivity contribution in [3.63, 3.8) is 0 Å². The fourth-order valence-corrected chi connectivity index (χ4v) is 4.19. The number of fused-ring (bicyclic) bond motifs is 1. The van der Waals surface area contributed by atoms with Crippen LogP contribution < -0.4 is 20.3 Å². The molecule has 1 atom stereocenters. The molecule has 3 heterocycles. The van der Waals surface area contributed by atoms with Gasteiger partial charge in [0.1, 0.15) is 29.3 Å². The highest BCUT2D eigenvalue weighted by atomic mass is 19.4. The van der Waals surface area contributed by atoms with Gasteiger partial charge in [-0.15, -0.1) is 0 Å². The Morgan fingerprint density at radius 2 is 1.92 bits per heavy atom. The lowest BCUT2D eigenvalue weighted by molar-refractivity contribution is -0.137. The highest BCUT2D eigenvalue weighted by molar-refractivity contribution is 6.06. The minimum Gasteiger partial charge on any atom is -0.495 e. The molecule has 0 radical (unpaired) electrons. The number of anilines is 4. The molecule has 0 aliphatic carbocycles. The van der Waals surface area contributed by atoms with Crippen LogP contribution in [0.4, 0.5) is 40.7 Å². The number of methoxy groups -OCH3 is 1. The third-order valence-electron chi connectivity index (χ3n) is 6.31. The van der Waals surface area contributed by atoms with Crippen molar-refractivity contribution >= 4 is 40.1 Å². The maximum atomic E-state index is 13.7. The van der Waals surface area contributed by atoms with Crippen molar-refractivity contribution in [1.29, 1.82) is 0 Å². The predicted molar refractivity (Wildman–Crippen MR) is 137 cm³/mol. The minimum atomic E-state index is -4.58. The van der Waals surface area contributed by atoms with Gasteiger partial charge in [-0.2, -0.15) is 13.2 Å². The van der Waals surface area contributed by atoms with E-state index in [-0.39, 0.29) is 23.5 Å². The lowest BCUT2D eigenvalue weighted by Gasteiger charge is -2.16. The predicted octanol–water partition coefficient (Wildman–Crippen LogP) is 5.30. The molecule has 4 aromatic rings. The topological polar surface area (TPSA) is 105 Å². The van der Waals surface area contributed by atoms with E-state index < -0.39 is 23.8 Å². The number of carbonyl (C=O) groups is 1. The normalized spacial score (nSPS) is 15.4. The van der Waals surface area contributed by atoms with Gasteiger partial charge in [0.15, 0.2) is 5.82 Å². The number of rotatable bonds is 6. The van der Waals surface area contributed by atoms with Crippen LogP contribution in [0, 0.1) is 6.92 Å². The van der Waals surface area contributed by atoms with Gasteiger partial charge >= 0.3 is 6.18 Å². The summed E-state index contributed by atoms with van der Waals surface area (Å²) in [5.41, 5.74) is 1.31. The second-order valence-corrected chi connectivity index (χ2v) is 8.98. The third-order valence-corrected chi connectivity index (χ3v) is 6.31. The zero-order chi connectivity index (χ0) is 27.7.